The second-order valence-corrected chi connectivity index (χ2v) is 7.33. The van der Waals surface area contributed by atoms with Gasteiger partial charge in [-0.3, -0.25) is 9.79 Å². The van der Waals surface area contributed by atoms with Crippen LogP contribution in [0.1, 0.15) is 12.0 Å². The molecule has 0 fully saturated rings. The molecule has 3 aliphatic heterocycles. The van der Waals surface area contributed by atoms with Crippen molar-refractivity contribution in [3.8, 4) is 5.75 Å². The standard InChI is InChI=1S/C16H16ClN3O3S/c1-19-4-5-23-15-10(6-9(17)7-11(15)19)14-12(8-13(21)22)24-16-18-2-3-20(14)16/h6-7H,2-5,8H2,1H3,(H,21,22). The van der Waals surface area contributed by atoms with Gasteiger partial charge in [0.2, 0.25) is 0 Å². The summed E-state index contributed by atoms with van der Waals surface area (Å²) in [4.78, 5) is 20.7. The Balaban J connectivity index is 1.89. The zero-order valence-corrected chi connectivity index (χ0v) is 14.7. The minimum absolute atomic E-state index is 0.0351. The molecule has 0 radical (unpaired) electrons. The van der Waals surface area contributed by atoms with Crippen LogP contribution in [-0.4, -0.2) is 54.4 Å². The first-order valence-electron chi connectivity index (χ1n) is 7.67. The van der Waals surface area contributed by atoms with E-state index in [1.54, 1.807) is 0 Å². The molecule has 3 aliphatic rings. The van der Waals surface area contributed by atoms with Crippen molar-refractivity contribution in [1.29, 1.82) is 0 Å². The Morgan fingerprint density at radius 2 is 2.29 bits per heavy atom. The van der Waals surface area contributed by atoms with Crippen molar-refractivity contribution in [2.45, 2.75) is 6.42 Å². The Bertz CT molecular complexity index is 793. The Labute approximate surface area is 148 Å². The molecule has 1 N–H and O–H groups in total. The molecule has 3 heterocycles. The topological polar surface area (TPSA) is 65.4 Å². The summed E-state index contributed by atoms with van der Waals surface area (Å²) >= 11 is 7.78. The number of hydrogen-bond acceptors (Lipinski definition) is 6. The summed E-state index contributed by atoms with van der Waals surface area (Å²) in [5.74, 6) is -0.0921. The highest BCUT2D eigenvalue weighted by molar-refractivity contribution is 8.17. The third-order valence-electron chi connectivity index (χ3n) is 4.24. The predicted molar refractivity (Wildman–Crippen MR) is 96.0 cm³/mol. The van der Waals surface area contributed by atoms with E-state index in [2.05, 4.69) is 14.8 Å². The van der Waals surface area contributed by atoms with E-state index in [1.165, 1.54) is 11.8 Å². The maximum Gasteiger partial charge on any atom is 0.308 e. The number of benzene rings is 1. The molecule has 0 unspecified atom stereocenters. The Morgan fingerprint density at radius 3 is 3.08 bits per heavy atom. The molecule has 0 saturated carbocycles. The largest absolute Gasteiger partial charge is 0.489 e. The van der Waals surface area contributed by atoms with Gasteiger partial charge in [0.15, 0.2) is 10.9 Å². The van der Waals surface area contributed by atoms with Gasteiger partial charge in [0.05, 0.1) is 30.9 Å². The van der Waals surface area contributed by atoms with E-state index < -0.39 is 5.97 Å². The molecule has 8 heteroatoms. The van der Waals surface area contributed by atoms with E-state index in [4.69, 9.17) is 16.3 Å². The molecule has 1 aromatic rings. The van der Waals surface area contributed by atoms with Gasteiger partial charge in [-0.15, -0.1) is 0 Å². The van der Waals surface area contributed by atoms with Crippen LogP contribution < -0.4 is 9.64 Å². The van der Waals surface area contributed by atoms with E-state index in [0.29, 0.717) is 11.6 Å². The van der Waals surface area contributed by atoms with E-state index >= 15 is 0 Å². The van der Waals surface area contributed by atoms with Crippen LogP contribution in [0.3, 0.4) is 0 Å². The molecular formula is C16H16ClN3O3S. The fourth-order valence-corrected chi connectivity index (χ4v) is 4.57. The number of carboxylic acids is 1. The van der Waals surface area contributed by atoms with Crippen molar-refractivity contribution in [3.63, 3.8) is 0 Å². The average molecular weight is 366 g/mol. The summed E-state index contributed by atoms with van der Waals surface area (Å²) in [5, 5.41) is 10.7. The highest BCUT2D eigenvalue weighted by Crippen LogP contribution is 2.49. The first-order valence-corrected chi connectivity index (χ1v) is 8.86. The normalized spacial score (nSPS) is 19.2. The number of ether oxygens (including phenoxy) is 1. The highest BCUT2D eigenvalue weighted by atomic mass is 35.5. The number of nitrogens with zero attached hydrogens (tertiary/aromatic N) is 3. The fraction of sp³-hybridized carbons (Fsp3) is 0.375. The smallest absolute Gasteiger partial charge is 0.308 e. The van der Waals surface area contributed by atoms with Gasteiger partial charge < -0.3 is 19.6 Å². The minimum Gasteiger partial charge on any atom is -0.489 e. The van der Waals surface area contributed by atoms with Crippen molar-refractivity contribution in [3.05, 3.63) is 27.6 Å². The SMILES string of the molecule is CN1CCOc2c(C3=C(CC(=O)O)SC4=NCCN43)cc(Cl)cc21. The molecular weight excluding hydrogens is 350 g/mol. The quantitative estimate of drug-likeness (QED) is 0.888. The number of fused-ring (bicyclic) bond motifs is 2. The molecule has 1 aromatic carbocycles. The first-order chi connectivity index (χ1) is 11.5. The van der Waals surface area contributed by atoms with Crippen molar-refractivity contribution in [1.82, 2.24) is 4.90 Å². The molecule has 0 saturated heterocycles. The van der Waals surface area contributed by atoms with Crippen LogP contribution in [0.5, 0.6) is 5.75 Å². The van der Waals surface area contributed by atoms with Gasteiger partial charge in [0, 0.05) is 29.1 Å². The number of thioether (sulfide) groups is 1. The zero-order valence-electron chi connectivity index (χ0n) is 13.1. The summed E-state index contributed by atoms with van der Waals surface area (Å²) in [5.41, 5.74) is 2.65. The molecule has 0 atom stereocenters. The van der Waals surface area contributed by atoms with Crippen LogP contribution >= 0.6 is 23.4 Å². The van der Waals surface area contributed by atoms with Gasteiger partial charge in [0.1, 0.15) is 6.61 Å². The molecule has 126 valence electrons. The number of amidine groups is 1. The Kier molecular flexibility index (Phi) is 3.85. The maximum atomic E-state index is 11.3. The lowest BCUT2D eigenvalue weighted by Crippen LogP contribution is -2.30. The van der Waals surface area contributed by atoms with Crippen LogP contribution in [0.25, 0.3) is 5.70 Å². The maximum absolute atomic E-state index is 11.3. The van der Waals surface area contributed by atoms with E-state index in [0.717, 1.165) is 52.4 Å². The molecule has 6 nitrogen and oxygen atoms in total. The van der Waals surface area contributed by atoms with Crippen LogP contribution in [0.2, 0.25) is 5.02 Å². The summed E-state index contributed by atoms with van der Waals surface area (Å²) in [6, 6.07) is 3.75. The highest BCUT2D eigenvalue weighted by Gasteiger charge is 2.36. The summed E-state index contributed by atoms with van der Waals surface area (Å²) in [7, 11) is 2.00. The van der Waals surface area contributed by atoms with E-state index in [9.17, 15) is 9.90 Å². The van der Waals surface area contributed by atoms with Crippen molar-refractivity contribution in [2.75, 3.05) is 38.2 Å². The zero-order chi connectivity index (χ0) is 16.8. The van der Waals surface area contributed by atoms with Gasteiger partial charge in [0.25, 0.3) is 0 Å². The monoisotopic (exact) mass is 365 g/mol. The van der Waals surface area contributed by atoms with E-state index in [-0.39, 0.29) is 6.42 Å². The molecule has 4 rings (SSSR count). The minimum atomic E-state index is -0.856. The number of carbonyl (C=O) groups is 1. The average Bonchev–Trinajstić information content (AvgIpc) is 3.07. The number of anilines is 1. The molecule has 0 bridgehead atoms. The Morgan fingerprint density at radius 1 is 1.46 bits per heavy atom. The molecule has 0 aromatic heterocycles. The van der Waals surface area contributed by atoms with E-state index in [1.807, 2.05) is 19.2 Å². The lowest BCUT2D eigenvalue weighted by molar-refractivity contribution is -0.136. The van der Waals surface area contributed by atoms with Crippen molar-refractivity contribution in [2.24, 2.45) is 4.99 Å². The Hall–Kier alpha value is -1.86. The van der Waals surface area contributed by atoms with Crippen molar-refractivity contribution < 1.29 is 14.6 Å². The van der Waals surface area contributed by atoms with Gasteiger partial charge in [-0.2, -0.15) is 0 Å². The first kappa shape index (κ1) is 15.7. The summed E-state index contributed by atoms with van der Waals surface area (Å²) in [6.07, 6.45) is -0.0351. The van der Waals surface area contributed by atoms with Crippen LogP contribution in [0, 0.1) is 0 Å². The molecule has 0 amide bonds. The van der Waals surface area contributed by atoms with Crippen LogP contribution in [0.4, 0.5) is 5.69 Å². The number of halogens is 1. The molecule has 0 aliphatic carbocycles. The van der Waals surface area contributed by atoms with Gasteiger partial charge in [-0.05, 0) is 12.1 Å². The second-order valence-electron chi connectivity index (χ2n) is 5.83. The second kappa shape index (κ2) is 5.89. The predicted octanol–water partition coefficient (Wildman–Crippen LogP) is 2.73. The number of carboxylic acid groups (broad SMARTS) is 1. The van der Waals surface area contributed by atoms with Crippen molar-refractivity contribution >= 4 is 45.9 Å². The van der Waals surface area contributed by atoms with Crippen LogP contribution in [-0.2, 0) is 4.79 Å². The fourth-order valence-electron chi connectivity index (χ4n) is 3.18. The number of likely N-dealkylation sites (N-methyl/N-ethyl adjacent to an activating group) is 1. The number of rotatable bonds is 3. The molecule has 24 heavy (non-hydrogen) atoms. The van der Waals surface area contributed by atoms with Gasteiger partial charge >= 0.3 is 5.97 Å². The number of hydrogen-bond donors (Lipinski definition) is 1. The lowest BCUT2D eigenvalue weighted by atomic mass is 10.1. The number of aliphatic carboxylic acids is 1. The third-order valence-corrected chi connectivity index (χ3v) is 5.57. The molecule has 0 spiro atoms. The summed E-state index contributed by atoms with van der Waals surface area (Å²) < 4.78 is 5.94. The van der Waals surface area contributed by atoms with Gasteiger partial charge in [-0.25, -0.2) is 0 Å². The van der Waals surface area contributed by atoms with Gasteiger partial charge in [-0.1, -0.05) is 23.4 Å². The summed E-state index contributed by atoms with van der Waals surface area (Å²) in [6.45, 7) is 2.85. The van der Waals surface area contributed by atoms with Crippen LogP contribution in [0.15, 0.2) is 22.0 Å². The third kappa shape index (κ3) is 2.52. The number of aliphatic imine (C=N–C) groups is 1. The lowest BCUT2D eigenvalue weighted by Gasteiger charge is -2.31.